The number of unbranched alkanes of at least 4 members (excludes halogenated alkanes) is 4. The van der Waals surface area contributed by atoms with E-state index < -0.39 is 0 Å². The van der Waals surface area contributed by atoms with Crippen molar-refractivity contribution >= 4 is 43.5 Å². The molecular weight excluding hydrogens is 370 g/mol. The number of aromatic nitrogens is 3. The monoisotopic (exact) mass is 399 g/mol. The van der Waals surface area contributed by atoms with E-state index in [1.165, 1.54) is 89.5 Å². The standard InChI is InChI=1S/C22H29N3S2/c1-3-5-7-8-13-26-22-20-19(23-14-24-22)18-16-11-9-10-15(16)17(12-6-4-2)25-21(18)27-20/h14H,3-13H2,1-2H3. The Morgan fingerprint density at radius 3 is 2.70 bits per heavy atom. The minimum Gasteiger partial charge on any atom is -0.242 e. The Kier molecular flexibility index (Phi) is 6.28. The molecule has 3 aromatic heterocycles. The summed E-state index contributed by atoms with van der Waals surface area (Å²) in [6, 6.07) is 0. The van der Waals surface area contributed by atoms with Crippen molar-refractivity contribution in [2.24, 2.45) is 0 Å². The molecule has 0 unspecified atom stereocenters. The molecule has 0 saturated heterocycles. The maximum atomic E-state index is 5.12. The molecule has 0 N–H and O–H groups in total. The summed E-state index contributed by atoms with van der Waals surface area (Å²) >= 11 is 3.71. The lowest BCUT2D eigenvalue weighted by molar-refractivity contribution is 0.706. The van der Waals surface area contributed by atoms with Gasteiger partial charge in [-0.15, -0.1) is 23.1 Å². The molecule has 0 aliphatic heterocycles. The highest BCUT2D eigenvalue weighted by Crippen LogP contribution is 2.42. The van der Waals surface area contributed by atoms with Gasteiger partial charge in [-0.05, 0) is 55.4 Å². The second-order valence-corrected chi connectivity index (χ2v) is 9.60. The smallest absolute Gasteiger partial charge is 0.126 e. The quantitative estimate of drug-likeness (QED) is 0.227. The molecule has 3 heterocycles. The Morgan fingerprint density at radius 1 is 1.00 bits per heavy atom. The summed E-state index contributed by atoms with van der Waals surface area (Å²) in [5.41, 5.74) is 5.57. The first-order valence-corrected chi connectivity index (χ1v) is 12.3. The van der Waals surface area contributed by atoms with Gasteiger partial charge in [0.1, 0.15) is 16.2 Å². The van der Waals surface area contributed by atoms with Crippen molar-refractivity contribution in [1.82, 2.24) is 15.0 Å². The third-order valence-corrected chi connectivity index (χ3v) is 7.81. The molecule has 0 spiro atoms. The van der Waals surface area contributed by atoms with Crippen LogP contribution in [0.1, 0.15) is 75.6 Å². The third-order valence-electron chi connectivity index (χ3n) is 5.53. The molecule has 1 aliphatic rings. The summed E-state index contributed by atoms with van der Waals surface area (Å²) in [4.78, 5) is 15.6. The van der Waals surface area contributed by atoms with E-state index in [0.29, 0.717) is 0 Å². The van der Waals surface area contributed by atoms with Crippen LogP contribution >= 0.6 is 23.1 Å². The van der Waals surface area contributed by atoms with Crippen LogP contribution in [-0.2, 0) is 19.3 Å². The molecule has 0 fully saturated rings. The van der Waals surface area contributed by atoms with Gasteiger partial charge in [0.25, 0.3) is 0 Å². The lowest BCUT2D eigenvalue weighted by Crippen LogP contribution is -1.98. The number of thioether (sulfide) groups is 1. The van der Waals surface area contributed by atoms with E-state index in [4.69, 9.17) is 9.97 Å². The van der Waals surface area contributed by atoms with Gasteiger partial charge in [0.15, 0.2) is 0 Å². The summed E-state index contributed by atoms with van der Waals surface area (Å²) in [6.07, 6.45) is 14.2. The van der Waals surface area contributed by atoms with Crippen molar-refractivity contribution in [2.45, 2.75) is 83.1 Å². The van der Waals surface area contributed by atoms with Crippen LogP contribution in [0.4, 0.5) is 0 Å². The molecule has 5 heteroatoms. The van der Waals surface area contributed by atoms with Crippen LogP contribution in [0.25, 0.3) is 20.4 Å². The van der Waals surface area contributed by atoms with Crippen LogP contribution in [0, 0.1) is 0 Å². The van der Waals surface area contributed by atoms with Gasteiger partial charge in [-0.1, -0.05) is 39.5 Å². The zero-order chi connectivity index (χ0) is 18.6. The van der Waals surface area contributed by atoms with E-state index in [-0.39, 0.29) is 0 Å². The van der Waals surface area contributed by atoms with Gasteiger partial charge < -0.3 is 0 Å². The molecule has 0 bridgehead atoms. The number of rotatable bonds is 9. The highest BCUT2D eigenvalue weighted by molar-refractivity contribution is 7.99. The lowest BCUT2D eigenvalue weighted by Gasteiger charge is -2.08. The van der Waals surface area contributed by atoms with Crippen molar-refractivity contribution in [2.75, 3.05) is 5.75 Å². The van der Waals surface area contributed by atoms with Gasteiger partial charge in [-0.25, -0.2) is 15.0 Å². The van der Waals surface area contributed by atoms with Gasteiger partial charge in [0, 0.05) is 11.1 Å². The van der Waals surface area contributed by atoms with Gasteiger partial charge in [0.05, 0.1) is 10.2 Å². The van der Waals surface area contributed by atoms with Crippen molar-refractivity contribution in [3.05, 3.63) is 23.1 Å². The van der Waals surface area contributed by atoms with Gasteiger partial charge in [0.2, 0.25) is 0 Å². The van der Waals surface area contributed by atoms with E-state index in [2.05, 4.69) is 18.8 Å². The molecule has 144 valence electrons. The van der Waals surface area contributed by atoms with Gasteiger partial charge >= 0.3 is 0 Å². The number of aryl methyl sites for hydroxylation is 2. The number of nitrogens with zero attached hydrogens (tertiary/aromatic N) is 3. The molecule has 1 aliphatic carbocycles. The summed E-state index contributed by atoms with van der Waals surface area (Å²) in [5.74, 6) is 1.15. The minimum atomic E-state index is 1.12. The van der Waals surface area contributed by atoms with Crippen LogP contribution in [0.3, 0.4) is 0 Å². The summed E-state index contributed by atoms with van der Waals surface area (Å²) < 4.78 is 1.25. The number of thiophene rings is 1. The maximum absolute atomic E-state index is 5.12. The zero-order valence-corrected chi connectivity index (χ0v) is 18.1. The number of hydrogen-bond acceptors (Lipinski definition) is 5. The number of pyridine rings is 1. The SMILES string of the molecule is CCCCCCSc1ncnc2c1sc1nc(CCCC)c3c(c12)CCC3. The fourth-order valence-electron chi connectivity index (χ4n) is 4.11. The van der Waals surface area contributed by atoms with E-state index in [1.807, 2.05) is 23.1 Å². The van der Waals surface area contributed by atoms with Crippen LogP contribution in [0.15, 0.2) is 11.4 Å². The Bertz CT molecular complexity index is 932. The van der Waals surface area contributed by atoms with E-state index >= 15 is 0 Å². The molecule has 27 heavy (non-hydrogen) atoms. The largest absolute Gasteiger partial charge is 0.242 e. The predicted molar refractivity (Wildman–Crippen MR) is 118 cm³/mol. The van der Waals surface area contributed by atoms with E-state index in [1.54, 1.807) is 6.33 Å². The lowest BCUT2D eigenvalue weighted by atomic mass is 10.0. The molecule has 0 amide bonds. The second-order valence-electron chi connectivity index (χ2n) is 7.52. The Morgan fingerprint density at radius 2 is 1.85 bits per heavy atom. The molecule has 0 saturated carbocycles. The van der Waals surface area contributed by atoms with Gasteiger partial charge in [-0.3, -0.25) is 0 Å². The van der Waals surface area contributed by atoms with Crippen molar-refractivity contribution in [3.63, 3.8) is 0 Å². The van der Waals surface area contributed by atoms with Crippen LogP contribution < -0.4 is 0 Å². The van der Waals surface area contributed by atoms with Crippen LogP contribution in [-0.4, -0.2) is 20.7 Å². The molecule has 3 aromatic rings. The van der Waals surface area contributed by atoms with Gasteiger partial charge in [-0.2, -0.15) is 0 Å². The topological polar surface area (TPSA) is 38.7 Å². The summed E-state index contributed by atoms with van der Waals surface area (Å²) in [5, 5.41) is 2.49. The molecule has 3 nitrogen and oxygen atoms in total. The van der Waals surface area contributed by atoms with Crippen LogP contribution in [0.2, 0.25) is 0 Å². The normalized spacial score (nSPS) is 13.7. The molecule has 0 atom stereocenters. The molecule has 0 aromatic carbocycles. The number of fused-ring (bicyclic) bond motifs is 5. The van der Waals surface area contributed by atoms with Crippen LogP contribution in [0.5, 0.6) is 0 Å². The highest BCUT2D eigenvalue weighted by atomic mass is 32.2. The van der Waals surface area contributed by atoms with E-state index in [0.717, 1.165) is 22.7 Å². The first-order chi connectivity index (χ1) is 13.3. The average molecular weight is 400 g/mol. The number of hydrogen-bond donors (Lipinski definition) is 0. The van der Waals surface area contributed by atoms with Crippen molar-refractivity contribution in [3.8, 4) is 0 Å². The first kappa shape index (κ1) is 19.1. The first-order valence-electron chi connectivity index (χ1n) is 10.5. The molecule has 0 radical (unpaired) electrons. The minimum absolute atomic E-state index is 1.12. The Balaban J connectivity index is 1.71. The Hall–Kier alpha value is -1.20. The predicted octanol–water partition coefficient (Wildman–Crippen LogP) is 6.74. The van der Waals surface area contributed by atoms with E-state index in [9.17, 15) is 0 Å². The molecular formula is C22H29N3S2. The fraction of sp³-hybridized carbons (Fsp3) is 0.591. The fourth-order valence-corrected chi connectivity index (χ4v) is 6.36. The zero-order valence-electron chi connectivity index (χ0n) is 16.5. The van der Waals surface area contributed by atoms with Crippen molar-refractivity contribution < 1.29 is 0 Å². The summed E-state index contributed by atoms with van der Waals surface area (Å²) in [6.45, 7) is 4.52. The maximum Gasteiger partial charge on any atom is 0.126 e. The Labute approximate surface area is 170 Å². The second kappa shape index (κ2) is 8.87. The van der Waals surface area contributed by atoms with Crippen molar-refractivity contribution in [1.29, 1.82) is 0 Å². The third kappa shape index (κ3) is 3.86. The average Bonchev–Trinajstić information content (AvgIpc) is 3.30. The molecule has 4 rings (SSSR count). The summed E-state index contributed by atoms with van der Waals surface area (Å²) in [7, 11) is 0. The highest BCUT2D eigenvalue weighted by Gasteiger charge is 2.24.